The largest absolute Gasteiger partial charge is 0.330 e. The Labute approximate surface area is 116 Å². The SMILES string of the molecule is Cc1c(-c2cc(F)ccc2F)nc2n1CC(C)CC2N. The Morgan fingerprint density at radius 3 is 2.85 bits per heavy atom. The van der Waals surface area contributed by atoms with E-state index in [1.165, 1.54) is 6.07 Å². The molecule has 0 amide bonds. The van der Waals surface area contributed by atoms with Gasteiger partial charge in [-0.25, -0.2) is 13.8 Å². The number of fused-ring (bicyclic) bond motifs is 1. The molecule has 1 aliphatic rings. The lowest BCUT2D eigenvalue weighted by Crippen LogP contribution is -2.27. The van der Waals surface area contributed by atoms with E-state index in [-0.39, 0.29) is 11.6 Å². The van der Waals surface area contributed by atoms with Crippen LogP contribution in [0.3, 0.4) is 0 Å². The molecule has 0 radical (unpaired) electrons. The Bertz CT molecular complexity index is 663. The molecule has 2 unspecified atom stereocenters. The van der Waals surface area contributed by atoms with Gasteiger partial charge in [-0.05, 0) is 37.5 Å². The van der Waals surface area contributed by atoms with Gasteiger partial charge < -0.3 is 10.3 Å². The molecule has 0 aliphatic carbocycles. The van der Waals surface area contributed by atoms with Crippen molar-refractivity contribution >= 4 is 0 Å². The molecule has 106 valence electrons. The van der Waals surface area contributed by atoms with Gasteiger partial charge in [-0.2, -0.15) is 0 Å². The van der Waals surface area contributed by atoms with Crippen molar-refractivity contribution in [2.75, 3.05) is 0 Å². The third-order valence-corrected chi connectivity index (χ3v) is 3.92. The van der Waals surface area contributed by atoms with Gasteiger partial charge in [-0.15, -0.1) is 0 Å². The molecule has 1 aromatic carbocycles. The minimum Gasteiger partial charge on any atom is -0.330 e. The van der Waals surface area contributed by atoms with Crippen molar-refractivity contribution in [3.63, 3.8) is 0 Å². The number of benzene rings is 1. The van der Waals surface area contributed by atoms with E-state index in [1.54, 1.807) is 0 Å². The minimum absolute atomic E-state index is 0.150. The summed E-state index contributed by atoms with van der Waals surface area (Å²) in [7, 11) is 0. The van der Waals surface area contributed by atoms with E-state index < -0.39 is 11.6 Å². The minimum atomic E-state index is -0.468. The Hall–Kier alpha value is -1.75. The van der Waals surface area contributed by atoms with E-state index in [0.29, 0.717) is 11.6 Å². The second kappa shape index (κ2) is 4.66. The molecule has 2 aromatic rings. The van der Waals surface area contributed by atoms with E-state index in [0.717, 1.165) is 36.6 Å². The first kappa shape index (κ1) is 13.2. The predicted molar refractivity (Wildman–Crippen MR) is 73.0 cm³/mol. The molecule has 0 saturated carbocycles. The van der Waals surface area contributed by atoms with Gasteiger partial charge in [0.1, 0.15) is 17.5 Å². The van der Waals surface area contributed by atoms with Crippen LogP contribution in [0, 0.1) is 24.5 Å². The van der Waals surface area contributed by atoms with Crippen LogP contribution >= 0.6 is 0 Å². The molecule has 0 spiro atoms. The first-order valence-electron chi connectivity index (χ1n) is 6.75. The second-order valence-electron chi connectivity index (χ2n) is 5.59. The Morgan fingerprint density at radius 2 is 2.10 bits per heavy atom. The fourth-order valence-electron chi connectivity index (χ4n) is 2.93. The lowest BCUT2D eigenvalue weighted by atomic mass is 9.98. The zero-order valence-electron chi connectivity index (χ0n) is 11.5. The highest BCUT2D eigenvalue weighted by molar-refractivity contribution is 5.63. The summed E-state index contributed by atoms with van der Waals surface area (Å²) in [6.45, 7) is 4.82. The zero-order chi connectivity index (χ0) is 14.4. The van der Waals surface area contributed by atoms with Crippen LogP contribution in [0.25, 0.3) is 11.3 Å². The van der Waals surface area contributed by atoms with E-state index in [9.17, 15) is 8.78 Å². The van der Waals surface area contributed by atoms with Gasteiger partial charge in [0.25, 0.3) is 0 Å². The number of rotatable bonds is 1. The number of nitrogens with zero attached hydrogens (tertiary/aromatic N) is 2. The number of nitrogens with two attached hydrogens (primary N) is 1. The molecule has 2 N–H and O–H groups in total. The van der Waals surface area contributed by atoms with Gasteiger partial charge in [0.15, 0.2) is 0 Å². The monoisotopic (exact) mass is 277 g/mol. The first-order chi connectivity index (χ1) is 9.47. The standard InChI is InChI=1S/C15H17F2N3/c1-8-5-13(18)15-19-14(9(2)20(15)7-8)11-6-10(16)3-4-12(11)17/h3-4,6,8,13H,5,7,18H2,1-2H3. The van der Waals surface area contributed by atoms with Gasteiger partial charge in [0.05, 0.1) is 11.7 Å². The van der Waals surface area contributed by atoms with Gasteiger partial charge >= 0.3 is 0 Å². The Morgan fingerprint density at radius 1 is 1.35 bits per heavy atom. The zero-order valence-corrected chi connectivity index (χ0v) is 11.5. The molecular weight excluding hydrogens is 260 g/mol. The average molecular weight is 277 g/mol. The van der Waals surface area contributed by atoms with Crippen LogP contribution in [0.2, 0.25) is 0 Å². The van der Waals surface area contributed by atoms with Crippen LogP contribution in [0.5, 0.6) is 0 Å². The van der Waals surface area contributed by atoms with Crippen LogP contribution in [0.1, 0.15) is 30.9 Å². The number of hydrogen-bond donors (Lipinski definition) is 1. The van der Waals surface area contributed by atoms with Crippen molar-refractivity contribution in [2.24, 2.45) is 11.7 Å². The van der Waals surface area contributed by atoms with Crippen molar-refractivity contribution in [2.45, 2.75) is 32.9 Å². The molecule has 3 nitrogen and oxygen atoms in total. The average Bonchev–Trinajstić information content (AvgIpc) is 2.71. The van der Waals surface area contributed by atoms with Gasteiger partial charge in [-0.1, -0.05) is 6.92 Å². The van der Waals surface area contributed by atoms with Crippen LogP contribution < -0.4 is 5.73 Å². The summed E-state index contributed by atoms with van der Waals surface area (Å²) in [6, 6.07) is 3.28. The summed E-state index contributed by atoms with van der Waals surface area (Å²) in [5, 5.41) is 0. The fraction of sp³-hybridized carbons (Fsp3) is 0.400. The maximum atomic E-state index is 13.9. The van der Waals surface area contributed by atoms with Crippen LogP contribution in [0.15, 0.2) is 18.2 Å². The molecule has 1 aliphatic heterocycles. The van der Waals surface area contributed by atoms with Crippen molar-refractivity contribution in [1.29, 1.82) is 0 Å². The summed E-state index contributed by atoms with van der Waals surface area (Å²) in [5.41, 5.74) is 7.64. The van der Waals surface area contributed by atoms with Crippen molar-refractivity contribution < 1.29 is 8.78 Å². The second-order valence-corrected chi connectivity index (χ2v) is 5.59. The number of hydrogen-bond acceptors (Lipinski definition) is 2. The summed E-state index contributed by atoms with van der Waals surface area (Å²) >= 11 is 0. The number of halogens is 2. The maximum absolute atomic E-state index is 13.9. The topological polar surface area (TPSA) is 43.8 Å². The fourth-order valence-corrected chi connectivity index (χ4v) is 2.93. The van der Waals surface area contributed by atoms with E-state index in [4.69, 9.17) is 5.73 Å². The third-order valence-electron chi connectivity index (χ3n) is 3.92. The van der Waals surface area contributed by atoms with Crippen LogP contribution in [-0.4, -0.2) is 9.55 Å². The lowest BCUT2D eigenvalue weighted by molar-refractivity contribution is 0.343. The van der Waals surface area contributed by atoms with Crippen molar-refractivity contribution in [3.05, 3.63) is 41.4 Å². The third kappa shape index (κ3) is 2.02. The smallest absolute Gasteiger partial charge is 0.132 e. The summed E-state index contributed by atoms with van der Waals surface area (Å²) < 4.78 is 29.3. The maximum Gasteiger partial charge on any atom is 0.132 e. The Kier molecular flexibility index (Phi) is 3.09. The Balaban J connectivity index is 2.17. The summed E-state index contributed by atoms with van der Waals surface area (Å²) in [6.07, 6.45) is 0.863. The van der Waals surface area contributed by atoms with E-state index >= 15 is 0 Å². The quantitative estimate of drug-likeness (QED) is 0.870. The first-order valence-corrected chi connectivity index (χ1v) is 6.75. The molecule has 0 fully saturated rings. The summed E-state index contributed by atoms with van der Waals surface area (Å²) in [4.78, 5) is 4.47. The van der Waals surface area contributed by atoms with Gasteiger partial charge in [0, 0.05) is 17.8 Å². The van der Waals surface area contributed by atoms with Crippen molar-refractivity contribution in [1.82, 2.24) is 9.55 Å². The van der Waals surface area contributed by atoms with Crippen LogP contribution in [-0.2, 0) is 6.54 Å². The molecule has 20 heavy (non-hydrogen) atoms. The molecular formula is C15H17F2N3. The number of aromatic nitrogens is 2. The molecule has 2 atom stereocenters. The highest BCUT2D eigenvalue weighted by Gasteiger charge is 2.27. The van der Waals surface area contributed by atoms with Crippen molar-refractivity contribution in [3.8, 4) is 11.3 Å². The molecule has 0 bridgehead atoms. The van der Waals surface area contributed by atoms with E-state index in [2.05, 4.69) is 11.9 Å². The van der Waals surface area contributed by atoms with Gasteiger partial charge in [0.2, 0.25) is 0 Å². The molecule has 1 aromatic heterocycles. The highest BCUT2D eigenvalue weighted by Crippen LogP contribution is 2.33. The lowest BCUT2D eigenvalue weighted by Gasteiger charge is -2.26. The summed E-state index contributed by atoms with van der Waals surface area (Å²) in [5.74, 6) is 0.283. The predicted octanol–water partition coefficient (Wildman–Crippen LogP) is 3.18. The highest BCUT2D eigenvalue weighted by atomic mass is 19.1. The molecule has 3 rings (SSSR count). The molecule has 5 heteroatoms. The molecule has 2 heterocycles. The van der Waals surface area contributed by atoms with E-state index in [1.807, 2.05) is 11.5 Å². The number of imidazole rings is 1. The normalized spacial score (nSPS) is 21.9. The van der Waals surface area contributed by atoms with Crippen LogP contribution in [0.4, 0.5) is 8.78 Å². The molecule has 0 saturated heterocycles. The van der Waals surface area contributed by atoms with Gasteiger partial charge in [-0.3, -0.25) is 0 Å².